The zero-order chi connectivity index (χ0) is 13.8. The van der Waals surface area contributed by atoms with Gasteiger partial charge in [0.05, 0.1) is 0 Å². The lowest BCUT2D eigenvalue weighted by molar-refractivity contribution is 0.573. The van der Waals surface area contributed by atoms with Gasteiger partial charge in [-0.15, -0.1) is 0 Å². The van der Waals surface area contributed by atoms with Crippen LogP contribution in [0.4, 0.5) is 0 Å². The van der Waals surface area contributed by atoms with Gasteiger partial charge in [0, 0.05) is 17.1 Å². The Morgan fingerprint density at radius 3 is 2.63 bits per heavy atom. The molecule has 2 aromatic rings. The summed E-state index contributed by atoms with van der Waals surface area (Å²) in [5.74, 6) is 0. The van der Waals surface area contributed by atoms with Crippen molar-refractivity contribution in [3.63, 3.8) is 0 Å². The highest BCUT2D eigenvalue weighted by molar-refractivity contribution is 9.10. The van der Waals surface area contributed by atoms with Gasteiger partial charge in [-0.25, -0.2) is 0 Å². The summed E-state index contributed by atoms with van der Waals surface area (Å²) in [5.41, 5.74) is 5.35. The molecule has 19 heavy (non-hydrogen) atoms. The maximum absolute atomic E-state index is 3.59. The Hall–Kier alpha value is -1.12. The highest BCUT2D eigenvalue weighted by atomic mass is 79.9. The molecule has 2 rings (SSSR count). The minimum atomic E-state index is 0.345. The molecule has 1 nitrogen and oxygen atoms in total. The lowest BCUT2D eigenvalue weighted by Crippen LogP contribution is -2.18. The first-order chi connectivity index (χ1) is 9.06. The summed E-state index contributed by atoms with van der Waals surface area (Å²) >= 11 is 3.52. The number of aryl methyl sites for hydroxylation is 2. The van der Waals surface area contributed by atoms with Crippen molar-refractivity contribution in [3.8, 4) is 0 Å². The van der Waals surface area contributed by atoms with Crippen LogP contribution in [-0.4, -0.2) is 0 Å². The zero-order valence-corrected chi connectivity index (χ0v) is 13.3. The highest BCUT2D eigenvalue weighted by Gasteiger charge is 2.06. The summed E-state index contributed by atoms with van der Waals surface area (Å²) in [4.78, 5) is 0. The summed E-state index contributed by atoms with van der Waals surface area (Å²) < 4.78 is 1.13. The topological polar surface area (TPSA) is 12.0 Å². The molecule has 0 heterocycles. The molecule has 0 radical (unpaired) electrons. The van der Waals surface area contributed by atoms with Gasteiger partial charge in [0.15, 0.2) is 0 Å². The Kier molecular flexibility index (Phi) is 4.78. The molecule has 0 aliphatic heterocycles. The van der Waals surface area contributed by atoms with E-state index in [2.05, 4.69) is 84.5 Å². The molecule has 0 aliphatic rings. The number of nitrogens with one attached hydrogen (secondary N) is 1. The van der Waals surface area contributed by atoms with Crippen LogP contribution in [0.3, 0.4) is 0 Å². The fraction of sp³-hybridized carbons (Fsp3) is 0.294. The third-order valence-electron chi connectivity index (χ3n) is 3.45. The number of hydrogen-bond acceptors (Lipinski definition) is 1. The molecular weight excluding hydrogens is 298 g/mol. The summed E-state index contributed by atoms with van der Waals surface area (Å²) in [6, 6.07) is 15.4. The Morgan fingerprint density at radius 1 is 1.11 bits per heavy atom. The van der Waals surface area contributed by atoms with E-state index in [1.54, 1.807) is 0 Å². The normalized spacial score (nSPS) is 12.4. The first-order valence-electron chi connectivity index (χ1n) is 6.61. The van der Waals surface area contributed by atoms with E-state index < -0.39 is 0 Å². The van der Waals surface area contributed by atoms with E-state index >= 15 is 0 Å². The Balaban J connectivity index is 2.04. The molecular formula is C17H20BrN. The minimum Gasteiger partial charge on any atom is -0.306 e. The molecule has 0 aliphatic carbocycles. The molecule has 0 amide bonds. The van der Waals surface area contributed by atoms with Crippen molar-refractivity contribution in [1.29, 1.82) is 0 Å². The average molecular weight is 318 g/mol. The van der Waals surface area contributed by atoms with Gasteiger partial charge >= 0.3 is 0 Å². The van der Waals surface area contributed by atoms with E-state index in [0.717, 1.165) is 11.0 Å². The summed E-state index contributed by atoms with van der Waals surface area (Å²) in [6.07, 6.45) is 0. The predicted molar refractivity (Wildman–Crippen MR) is 85.3 cm³/mol. The highest BCUT2D eigenvalue weighted by Crippen LogP contribution is 2.19. The van der Waals surface area contributed by atoms with Gasteiger partial charge in [-0.1, -0.05) is 51.8 Å². The molecule has 2 aromatic carbocycles. The van der Waals surface area contributed by atoms with Gasteiger partial charge < -0.3 is 5.32 Å². The fourth-order valence-corrected chi connectivity index (χ4v) is 2.56. The largest absolute Gasteiger partial charge is 0.306 e. The second-order valence-corrected chi connectivity index (χ2v) is 6.00. The molecule has 0 saturated carbocycles. The third kappa shape index (κ3) is 3.92. The fourth-order valence-electron chi connectivity index (χ4n) is 2.15. The Morgan fingerprint density at radius 2 is 1.89 bits per heavy atom. The maximum Gasteiger partial charge on any atom is 0.0295 e. The van der Waals surface area contributed by atoms with Crippen LogP contribution in [-0.2, 0) is 6.54 Å². The Bertz CT molecular complexity index is 563. The third-order valence-corrected chi connectivity index (χ3v) is 3.95. The summed E-state index contributed by atoms with van der Waals surface area (Å²) in [5, 5.41) is 3.59. The molecule has 0 saturated heterocycles. The number of halogens is 1. The molecule has 0 spiro atoms. The molecule has 0 fully saturated rings. The van der Waals surface area contributed by atoms with Crippen LogP contribution < -0.4 is 5.32 Å². The average Bonchev–Trinajstić information content (AvgIpc) is 2.39. The molecule has 0 aromatic heterocycles. The van der Waals surface area contributed by atoms with Gasteiger partial charge in [0.2, 0.25) is 0 Å². The first-order valence-corrected chi connectivity index (χ1v) is 7.40. The van der Waals surface area contributed by atoms with E-state index in [0.29, 0.717) is 6.04 Å². The van der Waals surface area contributed by atoms with Crippen LogP contribution in [0.1, 0.15) is 35.2 Å². The van der Waals surface area contributed by atoms with E-state index in [1.165, 1.54) is 22.3 Å². The monoisotopic (exact) mass is 317 g/mol. The minimum absolute atomic E-state index is 0.345. The van der Waals surface area contributed by atoms with Gasteiger partial charge in [-0.2, -0.15) is 0 Å². The van der Waals surface area contributed by atoms with Crippen LogP contribution in [0.5, 0.6) is 0 Å². The smallest absolute Gasteiger partial charge is 0.0295 e. The SMILES string of the molecule is Cc1ccc(C)c(CN[C@H](C)c2cccc(Br)c2)c1. The zero-order valence-electron chi connectivity index (χ0n) is 11.7. The summed E-state index contributed by atoms with van der Waals surface area (Å²) in [7, 11) is 0. The van der Waals surface area contributed by atoms with E-state index in [9.17, 15) is 0 Å². The molecule has 1 atom stereocenters. The maximum atomic E-state index is 3.59. The molecule has 100 valence electrons. The van der Waals surface area contributed by atoms with Crippen LogP contribution in [0.2, 0.25) is 0 Å². The molecule has 1 N–H and O–H groups in total. The molecule has 2 heteroatoms. The van der Waals surface area contributed by atoms with Crippen molar-refractivity contribution < 1.29 is 0 Å². The number of hydrogen-bond donors (Lipinski definition) is 1. The van der Waals surface area contributed by atoms with Crippen molar-refractivity contribution in [2.24, 2.45) is 0 Å². The van der Waals surface area contributed by atoms with Gasteiger partial charge in [-0.05, 0) is 49.6 Å². The van der Waals surface area contributed by atoms with Crippen molar-refractivity contribution in [3.05, 3.63) is 69.2 Å². The van der Waals surface area contributed by atoms with Gasteiger partial charge in [0.1, 0.15) is 0 Å². The summed E-state index contributed by atoms with van der Waals surface area (Å²) in [6.45, 7) is 7.41. The van der Waals surface area contributed by atoms with E-state index in [-0.39, 0.29) is 0 Å². The predicted octanol–water partition coefficient (Wildman–Crippen LogP) is 4.92. The second kappa shape index (κ2) is 6.36. The molecule has 0 bridgehead atoms. The van der Waals surface area contributed by atoms with E-state index in [1.807, 2.05) is 0 Å². The van der Waals surface area contributed by atoms with Gasteiger partial charge in [-0.3, -0.25) is 0 Å². The standard InChI is InChI=1S/C17H20BrN/c1-12-7-8-13(2)16(9-12)11-19-14(3)15-5-4-6-17(18)10-15/h4-10,14,19H,11H2,1-3H3/t14-/m1/s1. The lowest BCUT2D eigenvalue weighted by Gasteiger charge is -2.16. The van der Waals surface area contributed by atoms with Crippen molar-refractivity contribution in [2.75, 3.05) is 0 Å². The Labute approximate surface area is 124 Å². The second-order valence-electron chi connectivity index (χ2n) is 5.09. The van der Waals surface area contributed by atoms with Crippen molar-refractivity contribution in [1.82, 2.24) is 5.32 Å². The molecule has 0 unspecified atom stereocenters. The number of rotatable bonds is 4. The van der Waals surface area contributed by atoms with Crippen LogP contribution in [0.15, 0.2) is 46.9 Å². The van der Waals surface area contributed by atoms with Gasteiger partial charge in [0.25, 0.3) is 0 Å². The van der Waals surface area contributed by atoms with Crippen LogP contribution >= 0.6 is 15.9 Å². The number of benzene rings is 2. The lowest BCUT2D eigenvalue weighted by atomic mass is 10.0. The van der Waals surface area contributed by atoms with Crippen LogP contribution in [0.25, 0.3) is 0 Å². The van der Waals surface area contributed by atoms with E-state index in [4.69, 9.17) is 0 Å². The van der Waals surface area contributed by atoms with Crippen LogP contribution in [0, 0.1) is 13.8 Å². The van der Waals surface area contributed by atoms with Crippen molar-refractivity contribution >= 4 is 15.9 Å². The quantitative estimate of drug-likeness (QED) is 0.844. The first kappa shape index (κ1) is 14.3. The van der Waals surface area contributed by atoms with Crippen molar-refractivity contribution in [2.45, 2.75) is 33.4 Å².